The molecule has 0 bridgehead atoms. The molecule has 0 spiro atoms. The third-order valence-electron chi connectivity index (χ3n) is 8.10. The van der Waals surface area contributed by atoms with Crippen LogP contribution in [0, 0.1) is 0 Å². The van der Waals surface area contributed by atoms with E-state index in [1.165, 1.54) is 22.3 Å². The Kier molecular flexibility index (Phi) is 10.0. The Balaban J connectivity index is 1.32. The molecule has 2 fully saturated rings. The maximum absolute atomic E-state index is 6.09. The van der Waals surface area contributed by atoms with Gasteiger partial charge in [0.25, 0.3) is 0 Å². The van der Waals surface area contributed by atoms with Gasteiger partial charge in [-0.1, -0.05) is 36.4 Å². The zero-order valence-corrected chi connectivity index (χ0v) is 23.8. The summed E-state index contributed by atoms with van der Waals surface area (Å²) in [6.45, 7) is 15.2. The SMILES string of the molecule is C/C=C(\C(=C/C)c1ccc(OCC[N+]2(C)CCOCC2)cc1)c1ccc(OCC[N+]2(C)CCOCC2)cc1. The molecule has 2 aromatic rings. The van der Waals surface area contributed by atoms with Gasteiger partial charge in [0.1, 0.15) is 64.0 Å². The number of hydrogen-bond donors (Lipinski definition) is 0. The quantitative estimate of drug-likeness (QED) is 0.311. The second-order valence-electron chi connectivity index (χ2n) is 11.0. The predicted molar refractivity (Wildman–Crippen MR) is 154 cm³/mol. The zero-order valence-electron chi connectivity index (χ0n) is 23.8. The summed E-state index contributed by atoms with van der Waals surface area (Å²) in [7, 11) is 4.58. The number of likely N-dealkylation sites (N-methyl/N-ethyl adjacent to an activating group) is 2. The Morgan fingerprint density at radius 3 is 1.29 bits per heavy atom. The summed E-state index contributed by atoms with van der Waals surface area (Å²) in [6.07, 6.45) is 4.37. The molecule has 0 saturated carbocycles. The summed E-state index contributed by atoms with van der Waals surface area (Å²) >= 11 is 0. The lowest BCUT2D eigenvalue weighted by atomic mass is 9.92. The smallest absolute Gasteiger partial charge is 0.137 e. The molecule has 0 N–H and O–H groups in total. The summed E-state index contributed by atoms with van der Waals surface area (Å²) in [6, 6.07) is 17.0. The summed E-state index contributed by atoms with van der Waals surface area (Å²) in [4.78, 5) is 0. The van der Waals surface area contributed by atoms with Crippen LogP contribution in [0.3, 0.4) is 0 Å². The number of nitrogens with zero attached hydrogens (tertiary/aromatic N) is 2. The van der Waals surface area contributed by atoms with Crippen LogP contribution in [0.25, 0.3) is 11.1 Å². The molecule has 0 radical (unpaired) electrons. The molecule has 0 amide bonds. The van der Waals surface area contributed by atoms with Crippen LogP contribution in [0.4, 0.5) is 0 Å². The van der Waals surface area contributed by atoms with E-state index >= 15 is 0 Å². The van der Waals surface area contributed by atoms with E-state index in [1.807, 2.05) is 0 Å². The highest BCUT2D eigenvalue weighted by atomic mass is 16.5. The van der Waals surface area contributed by atoms with Crippen molar-refractivity contribution in [2.75, 3.05) is 93.0 Å². The fourth-order valence-electron chi connectivity index (χ4n) is 5.20. The Bertz CT molecular complexity index is 976. The molecule has 38 heavy (non-hydrogen) atoms. The van der Waals surface area contributed by atoms with E-state index in [-0.39, 0.29) is 0 Å². The van der Waals surface area contributed by atoms with E-state index in [4.69, 9.17) is 18.9 Å². The summed E-state index contributed by atoms with van der Waals surface area (Å²) < 4.78 is 25.2. The van der Waals surface area contributed by atoms with Crippen molar-refractivity contribution < 1.29 is 27.9 Å². The largest absolute Gasteiger partial charge is 0.488 e. The van der Waals surface area contributed by atoms with Gasteiger partial charge in [-0.2, -0.15) is 0 Å². The highest BCUT2D eigenvalue weighted by Gasteiger charge is 2.26. The van der Waals surface area contributed by atoms with Crippen LogP contribution in [-0.2, 0) is 9.47 Å². The molecule has 2 aliphatic rings. The predicted octanol–water partition coefficient (Wildman–Crippen LogP) is 4.90. The van der Waals surface area contributed by atoms with Crippen molar-refractivity contribution in [1.29, 1.82) is 0 Å². The van der Waals surface area contributed by atoms with Crippen molar-refractivity contribution in [2.45, 2.75) is 13.8 Å². The third-order valence-corrected chi connectivity index (χ3v) is 8.10. The van der Waals surface area contributed by atoms with Gasteiger partial charge in [0.05, 0.1) is 40.5 Å². The second kappa shape index (κ2) is 13.4. The van der Waals surface area contributed by atoms with Crippen LogP contribution in [0.1, 0.15) is 25.0 Å². The fraction of sp³-hybridized carbons (Fsp3) is 0.500. The summed E-state index contributed by atoms with van der Waals surface area (Å²) in [5.41, 5.74) is 4.79. The fourth-order valence-corrected chi connectivity index (χ4v) is 5.20. The number of morpholine rings is 2. The minimum atomic E-state index is 0.716. The molecule has 2 heterocycles. The van der Waals surface area contributed by atoms with Crippen molar-refractivity contribution in [2.24, 2.45) is 0 Å². The monoisotopic (exact) mass is 522 g/mol. The minimum Gasteiger partial charge on any atom is -0.488 e. The van der Waals surface area contributed by atoms with E-state index in [1.54, 1.807) is 0 Å². The Morgan fingerprint density at radius 2 is 0.974 bits per heavy atom. The lowest BCUT2D eigenvalue weighted by Gasteiger charge is -2.37. The molecule has 0 aromatic heterocycles. The van der Waals surface area contributed by atoms with Gasteiger partial charge >= 0.3 is 0 Å². The van der Waals surface area contributed by atoms with Crippen LogP contribution in [0.15, 0.2) is 60.7 Å². The van der Waals surface area contributed by atoms with Crippen LogP contribution in [0.2, 0.25) is 0 Å². The maximum Gasteiger partial charge on any atom is 0.137 e. The van der Waals surface area contributed by atoms with Gasteiger partial charge < -0.3 is 27.9 Å². The van der Waals surface area contributed by atoms with Gasteiger partial charge in [0, 0.05) is 0 Å². The van der Waals surface area contributed by atoms with E-state index in [2.05, 4.69) is 88.6 Å². The average molecular weight is 523 g/mol. The number of hydrogen-bond acceptors (Lipinski definition) is 4. The van der Waals surface area contributed by atoms with Gasteiger partial charge in [0.15, 0.2) is 0 Å². The number of benzene rings is 2. The molecule has 2 aliphatic heterocycles. The van der Waals surface area contributed by atoms with E-state index in [0.717, 1.165) is 86.2 Å². The van der Waals surface area contributed by atoms with Gasteiger partial charge in [-0.15, -0.1) is 0 Å². The van der Waals surface area contributed by atoms with Crippen molar-refractivity contribution in [3.63, 3.8) is 0 Å². The number of quaternary nitrogens is 2. The van der Waals surface area contributed by atoms with E-state index in [0.29, 0.717) is 13.2 Å². The van der Waals surface area contributed by atoms with Crippen molar-refractivity contribution in [3.05, 3.63) is 71.8 Å². The summed E-state index contributed by atoms with van der Waals surface area (Å²) in [5, 5.41) is 0. The average Bonchev–Trinajstić information content (AvgIpc) is 2.93. The van der Waals surface area contributed by atoms with Crippen LogP contribution in [-0.4, -0.2) is 102 Å². The molecule has 6 nitrogen and oxygen atoms in total. The molecule has 2 aromatic carbocycles. The Labute approximate surface area is 229 Å². The Morgan fingerprint density at radius 1 is 0.632 bits per heavy atom. The standard InChI is InChI=1S/C32H46N2O4/c1-5-31(27-7-11-29(12-8-27)37-25-19-33(3)15-21-35-22-16-33)32(6-2)28-9-13-30(14-10-28)38-26-20-34(4)17-23-36-24-18-34/h5-14H,15-26H2,1-4H3/q+2/b31-5-,32-6-. The van der Waals surface area contributed by atoms with Crippen molar-refractivity contribution in [1.82, 2.24) is 0 Å². The highest BCUT2D eigenvalue weighted by Crippen LogP contribution is 2.33. The van der Waals surface area contributed by atoms with Gasteiger partial charge in [-0.25, -0.2) is 0 Å². The molecule has 0 atom stereocenters. The van der Waals surface area contributed by atoms with Gasteiger partial charge in [-0.3, -0.25) is 0 Å². The van der Waals surface area contributed by atoms with Crippen LogP contribution < -0.4 is 9.47 Å². The Hall–Kier alpha value is -2.64. The van der Waals surface area contributed by atoms with E-state index in [9.17, 15) is 0 Å². The molecular formula is C32H46N2O4+2. The lowest BCUT2D eigenvalue weighted by molar-refractivity contribution is -0.916. The minimum absolute atomic E-state index is 0.716. The van der Waals surface area contributed by atoms with Crippen molar-refractivity contribution >= 4 is 11.1 Å². The molecule has 4 rings (SSSR count). The van der Waals surface area contributed by atoms with Crippen LogP contribution in [0.5, 0.6) is 11.5 Å². The van der Waals surface area contributed by atoms with Crippen molar-refractivity contribution in [3.8, 4) is 11.5 Å². The lowest BCUT2D eigenvalue weighted by Crippen LogP contribution is -2.53. The molecule has 6 heteroatoms. The molecule has 206 valence electrons. The first-order chi connectivity index (χ1) is 18.4. The first-order valence-corrected chi connectivity index (χ1v) is 14.1. The topological polar surface area (TPSA) is 36.9 Å². The number of rotatable bonds is 11. The van der Waals surface area contributed by atoms with Crippen LogP contribution >= 0.6 is 0 Å². The molecule has 2 saturated heterocycles. The van der Waals surface area contributed by atoms with E-state index < -0.39 is 0 Å². The molecule has 0 aliphatic carbocycles. The van der Waals surface area contributed by atoms with Gasteiger partial charge in [-0.05, 0) is 60.4 Å². The summed E-state index contributed by atoms with van der Waals surface area (Å²) in [5.74, 6) is 1.83. The second-order valence-corrected chi connectivity index (χ2v) is 11.0. The van der Waals surface area contributed by atoms with Gasteiger partial charge in [0.2, 0.25) is 0 Å². The maximum atomic E-state index is 6.09. The third kappa shape index (κ3) is 7.70. The first-order valence-electron chi connectivity index (χ1n) is 14.1. The zero-order chi connectivity index (χ0) is 26.8. The first kappa shape index (κ1) is 28.4. The highest BCUT2D eigenvalue weighted by molar-refractivity contribution is 6.04. The molecular weight excluding hydrogens is 476 g/mol. The normalized spacial score (nSPS) is 19.7. The number of allylic oxidation sites excluding steroid dienone is 4. The molecule has 0 unspecified atom stereocenters. The number of ether oxygens (including phenoxy) is 4.